The Morgan fingerprint density at radius 3 is 2.85 bits per heavy atom. The SMILES string of the molecule is COC(=O)c1cccc(Nc2ccc(C(=O)NCC3CCCO3)nn2)c1. The molecule has 8 nitrogen and oxygen atoms in total. The summed E-state index contributed by atoms with van der Waals surface area (Å²) in [6.07, 6.45) is 2.06. The van der Waals surface area contributed by atoms with Crippen molar-refractivity contribution in [3.05, 3.63) is 47.7 Å². The standard InChI is InChI=1S/C18H20N4O4/c1-25-18(24)12-4-2-5-13(10-12)20-16-8-7-15(21-22-16)17(23)19-11-14-6-3-9-26-14/h2,4-5,7-8,10,14H,3,6,9,11H2,1H3,(H,19,23)(H,20,22). The molecule has 0 bridgehead atoms. The number of hydrogen-bond donors (Lipinski definition) is 2. The second-order valence-corrected chi connectivity index (χ2v) is 5.85. The van der Waals surface area contributed by atoms with Crippen LogP contribution in [0.3, 0.4) is 0 Å². The normalized spacial score (nSPS) is 16.1. The van der Waals surface area contributed by atoms with Gasteiger partial charge in [-0.05, 0) is 43.2 Å². The molecule has 8 heteroatoms. The molecule has 1 aromatic carbocycles. The number of ether oxygens (including phenoxy) is 2. The molecule has 1 unspecified atom stereocenters. The number of benzene rings is 1. The van der Waals surface area contributed by atoms with Gasteiger partial charge in [0.25, 0.3) is 5.91 Å². The average Bonchev–Trinajstić information content (AvgIpc) is 3.20. The Morgan fingerprint density at radius 1 is 1.27 bits per heavy atom. The van der Waals surface area contributed by atoms with Crippen molar-refractivity contribution in [2.75, 3.05) is 25.6 Å². The highest BCUT2D eigenvalue weighted by Crippen LogP contribution is 2.16. The average molecular weight is 356 g/mol. The maximum absolute atomic E-state index is 12.1. The Balaban J connectivity index is 1.58. The molecule has 2 heterocycles. The molecule has 0 aliphatic carbocycles. The highest BCUT2D eigenvalue weighted by Gasteiger charge is 2.17. The summed E-state index contributed by atoms with van der Waals surface area (Å²) >= 11 is 0. The maximum Gasteiger partial charge on any atom is 0.337 e. The minimum absolute atomic E-state index is 0.0786. The van der Waals surface area contributed by atoms with Crippen LogP contribution in [0.2, 0.25) is 0 Å². The fourth-order valence-electron chi connectivity index (χ4n) is 2.61. The zero-order valence-corrected chi connectivity index (χ0v) is 14.4. The highest BCUT2D eigenvalue weighted by molar-refractivity contribution is 5.92. The van der Waals surface area contributed by atoms with E-state index in [4.69, 9.17) is 9.47 Å². The van der Waals surface area contributed by atoms with Crippen molar-refractivity contribution >= 4 is 23.4 Å². The van der Waals surface area contributed by atoms with Crippen LogP contribution in [0.1, 0.15) is 33.7 Å². The molecular formula is C18H20N4O4. The van der Waals surface area contributed by atoms with Gasteiger partial charge in [0.05, 0.1) is 18.8 Å². The van der Waals surface area contributed by atoms with E-state index in [-0.39, 0.29) is 17.7 Å². The summed E-state index contributed by atoms with van der Waals surface area (Å²) < 4.78 is 10.2. The molecule has 0 spiro atoms. The molecule has 1 atom stereocenters. The third-order valence-electron chi connectivity index (χ3n) is 3.97. The van der Waals surface area contributed by atoms with Crippen LogP contribution in [0.25, 0.3) is 0 Å². The van der Waals surface area contributed by atoms with Crippen LogP contribution in [0.15, 0.2) is 36.4 Å². The van der Waals surface area contributed by atoms with Gasteiger partial charge in [-0.15, -0.1) is 10.2 Å². The Bertz CT molecular complexity index is 773. The fraction of sp³-hybridized carbons (Fsp3) is 0.333. The first kappa shape index (κ1) is 17.8. The maximum atomic E-state index is 12.1. The molecule has 1 fully saturated rings. The second kappa shape index (κ2) is 8.39. The Kier molecular flexibility index (Phi) is 5.75. The van der Waals surface area contributed by atoms with E-state index in [1.54, 1.807) is 36.4 Å². The van der Waals surface area contributed by atoms with Gasteiger partial charge >= 0.3 is 5.97 Å². The van der Waals surface area contributed by atoms with E-state index < -0.39 is 5.97 Å². The number of rotatable bonds is 6. The van der Waals surface area contributed by atoms with Crippen molar-refractivity contribution in [2.24, 2.45) is 0 Å². The molecule has 2 aromatic rings. The van der Waals surface area contributed by atoms with Gasteiger partial charge in [-0.25, -0.2) is 4.79 Å². The summed E-state index contributed by atoms with van der Waals surface area (Å²) in [7, 11) is 1.33. The molecule has 1 amide bonds. The smallest absolute Gasteiger partial charge is 0.337 e. The van der Waals surface area contributed by atoms with E-state index in [1.807, 2.05) is 0 Å². The first-order valence-corrected chi connectivity index (χ1v) is 8.34. The van der Waals surface area contributed by atoms with E-state index in [9.17, 15) is 9.59 Å². The first-order chi connectivity index (χ1) is 12.7. The molecule has 0 radical (unpaired) electrons. The van der Waals surface area contributed by atoms with Gasteiger partial charge in [0.1, 0.15) is 0 Å². The fourth-order valence-corrected chi connectivity index (χ4v) is 2.61. The lowest BCUT2D eigenvalue weighted by atomic mass is 10.2. The number of nitrogens with one attached hydrogen (secondary N) is 2. The molecule has 26 heavy (non-hydrogen) atoms. The van der Waals surface area contributed by atoms with E-state index in [0.717, 1.165) is 19.4 Å². The minimum Gasteiger partial charge on any atom is -0.465 e. The molecule has 2 N–H and O–H groups in total. The Labute approximate surface area is 150 Å². The van der Waals surface area contributed by atoms with Crippen LogP contribution in [-0.2, 0) is 9.47 Å². The minimum atomic E-state index is -0.419. The summed E-state index contributed by atoms with van der Waals surface area (Å²) in [5.74, 6) is -0.243. The number of nitrogens with zero attached hydrogens (tertiary/aromatic N) is 2. The van der Waals surface area contributed by atoms with Crippen molar-refractivity contribution in [3.8, 4) is 0 Å². The van der Waals surface area contributed by atoms with Crippen molar-refractivity contribution in [3.63, 3.8) is 0 Å². The predicted octanol–water partition coefficient (Wildman–Crippen LogP) is 1.92. The van der Waals surface area contributed by atoms with Crippen LogP contribution in [0.5, 0.6) is 0 Å². The van der Waals surface area contributed by atoms with Gasteiger partial charge in [-0.3, -0.25) is 4.79 Å². The lowest BCUT2D eigenvalue weighted by Crippen LogP contribution is -2.32. The van der Waals surface area contributed by atoms with Crippen molar-refractivity contribution in [2.45, 2.75) is 18.9 Å². The monoisotopic (exact) mass is 356 g/mol. The molecule has 3 rings (SSSR count). The summed E-state index contributed by atoms with van der Waals surface area (Å²) in [4.78, 5) is 23.6. The van der Waals surface area contributed by atoms with Crippen LogP contribution in [0, 0.1) is 0 Å². The van der Waals surface area contributed by atoms with Crippen molar-refractivity contribution in [1.29, 1.82) is 0 Å². The number of methoxy groups -OCH3 is 1. The lowest BCUT2D eigenvalue weighted by molar-refractivity contribution is 0.0600. The number of aromatic nitrogens is 2. The van der Waals surface area contributed by atoms with Crippen molar-refractivity contribution in [1.82, 2.24) is 15.5 Å². The third kappa shape index (κ3) is 4.54. The zero-order chi connectivity index (χ0) is 18.4. The van der Waals surface area contributed by atoms with E-state index in [1.165, 1.54) is 7.11 Å². The van der Waals surface area contributed by atoms with Gasteiger partial charge < -0.3 is 20.1 Å². The topological polar surface area (TPSA) is 102 Å². The van der Waals surface area contributed by atoms with Crippen LogP contribution in [-0.4, -0.2) is 48.4 Å². The first-order valence-electron chi connectivity index (χ1n) is 8.34. The second-order valence-electron chi connectivity index (χ2n) is 5.85. The van der Waals surface area contributed by atoms with Crippen LogP contribution < -0.4 is 10.6 Å². The number of carbonyl (C=O) groups excluding carboxylic acids is 2. The van der Waals surface area contributed by atoms with Crippen LogP contribution >= 0.6 is 0 Å². The molecule has 1 aromatic heterocycles. The highest BCUT2D eigenvalue weighted by atomic mass is 16.5. The Morgan fingerprint density at radius 2 is 2.15 bits per heavy atom. The number of hydrogen-bond acceptors (Lipinski definition) is 7. The summed E-state index contributed by atoms with van der Waals surface area (Å²) in [5, 5.41) is 13.8. The molecule has 1 aliphatic rings. The zero-order valence-electron chi connectivity index (χ0n) is 14.4. The van der Waals surface area contributed by atoms with Gasteiger partial charge in [0, 0.05) is 18.8 Å². The molecule has 1 saturated heterocycles. The number of carbonyl (C=O) groups is 2. The molecule has 136 valence electrons. The summed E-state index contributed by atoms with van der Waals surface area (Å²) in [5.41, 5.74) is 1.32. The molecule has 1 aliphatic heterocycles. The quantitative estimate of drug-likeness (QED) is 0.762. The van der Waals surface area contributed by atoms with Gasteiger partial charge in [0.2, 0.25) is 0 Å². The largest absolute Gasteiger partial charge is 0.465 e. The molecule has 0 saturated carbocycles. The lowest BCUT2D eigenvalue weighted by Gasteiger charge is -2.10. The van der Waals surface area contributed by atoms with E-state index >= 15 is 0 Å². The number of anilines is 2. The van der Waals surface area contributed by atoms with Gasteiger partial charge in [0.15, 0.2) is 11.5 Å². The summed E-state index contributed by atoms with van der Waals surface area (Å²) in [6, 6.07) is 10.1. The number of esters is 1. The van der Waals surface area contributed by atoms with Crippen molar-refractivity contribution < 1.29 is 19.1 Å². The summed E-state index contributed by atoms with van der Waals surface area (Å²) in [6.45, 7) is 1.22. The van der Waals surface area contributed by atoms with Gasteiger partial charge in [-0.1, -0.05) is 6.07 Å². The van der Waals surface area contributed by atoms with Crippen LogP contribution in [0.4, 0.5) is 11.5 Å². The third-order valence-corrected chi connectivity index (χ3v) is 3.97. The predicted molar refractivity (Wildman–Crippen MR) is 94.4 cm³/mol. The molecular weight excluding hydrogens is 336 g/mol. The van der Waals surface area contributed by atoms with E-state index in [0.29, 0.717) is 23.6 Å². The number of amides is 1. The van der Waals surface area contributed by atoms with Gasteiger partial charge in [-0.2, -0.15) is 0 Å². The van der Waals surface area contributed by atoms with E-state index in [2.05, 4.69) is 20.8 Å². The Hall–Kier alpha value is -3.00.